The average molecular weight is 421 g/mol. The predicted octanol–water partition coefficient (Wildman–Crippen LogP) is 2.86. The molecule has 1 aromatic heterocycles. The molecule has 2 atom stereocenters. The van der Waals surface area contributed by atoms with Gasteiger partial charge in [-0.3, -0.25) is 9.69 Å². The van der Waals surface area contributed by atoms with Crippen molar-refractivity contribution in [3.8, 4) is 0 Å². The van der Waals surface area contributed by atoms with Gasteiger partial charge < -0.3 is 10.2 Å². The summed E-state index contributed by atoms with van der Waals surface area (Å²) in [6.07, 6.45) is 5.66. The first-order valence-electron chi connectivity index (χ1n) is 9.35. The van der Waals surface area contributed by atoms with E-state index in [0.717, 1.165) is 57.0 Å². The van der Waals surface area contributed by atoms with Gasteiger partial charge in [0, 0.05) is 43.0 Å². The summed E-state index contributed by atoms with van der Waals surface area (Å²) < 4.78 is 0. The molecule has 2 bridgehead atoms. The van der Waals surface area contributed by atoms with Crippen molar-refractivity contribution in [3.63, 3.8) is 0 Å². The zero-order chi connectivity index (χ0) is 16.5. The van der Waals surface area contributed by atoms with Crippen molar-refractivity contribution in [1.29, 1.82) is 0 Å². The Morgan fingerprint density at radius 1 is 1.15 bits per heavy atom. The van der Waals surface area contributed by atoms with Gasteiger partial charge in [0.15, 0.2) is 0 Å². The van der Waals surface area contributed by atoms with Crippen LogP contribution < -0.4 is 5.32 Å². The first-order valence-corrected chi connectivity index (χ1v) is 10.2. The third-order valence-corrected chi connectivity index (χ3v) is 6.65. The van der Waals surface area contributed by atoms with E-state index in [2.05, 4.69) is 32.4 Å². The third-order valence-electron chi connectivity index (χ3n) is 5.82. The van der Waals surface area contributed by atoms with Crippen LogP contribution in [0.15, 0.2) is 5.38 Å². The van der Waals surface area contributed by atoms with Crippen molar-refractivity contribution < 1.29 is 4.79 Å². The van der Waals surface area contributed by atoms with Crippen LogP contribution in [-0.4, -0.2) is 59.0 Å². The van der Waals surface area contributed by atoms with E-state index in [1.54, 1.807) is 11.3 Å². The number of amides is 1. The van der Waals surface area contributed by atoms with Gasteiger partial charge >= 0.3 is 0 Å². The SMILES string of the molecule is Cc1nc(CN2CCC(C(=O)N3CCC4CCC(C3)N4)CC2)cs1.Cl.Cl. The highest BCUT2D eigenvalue weighted by molar-refractivity contribution is 7.09. The van der Waals surface area contributed by atoms with E-state index >= 15 is 0 Å². The Hall–Kier alpha value is -0.400. The molecule has 3 aliphatic heterocycles. The second-order valence-electron chi connectivity index (χ2n) is 7.62. The molecule has 148 valence electrons. The van der Waals surface area contributed by atoms with Crippen LogP contribution in [0.5, 0.6) is 0 Å². The Morgan fingerprint density at radius 2 is 1.88 bits per heavy atom. The number of nitrogens with zero attached hydrogens (tertiary/aromatic N) is 3. The van der Waals surface area contributed by atoms with Gasteiger partial charge in [0.25, 0.3) is 0 Å². The molecule has 4 rings (SSSR count). The Labute approximate surface area is 172 Å². The van der Waals surface area contributed by atoms with Crippen LogP contribution in [0, 0.1) is 12.8 Å². The molecule has 1 N–H and O–H groups in total. The van der Waals surface area contributed by atoms with E-state index in [1.807, 2.05) is 0 Å². The number of hydrogen-bond acceptors (Lipinski definition) is 5. The van der Waals surface area contributed by atoms with E-state index in [1.165, 1.54) is 18.5 Å². The molecule has 4 heterocycles. The maximum atomic E-state index is 12.9. The van der Waals surface area contributed by atoms with E-state index in [4.69, 9.17) is 0 Å². The number of aryl methyl sites for hydroxylation is 1. The quantitative estimate of drug-likeness (QED) is 0.816. The summed E-state index contributed by atoms with van der Waals surface area (Å²) >= 11 is 1.72. The molecule has 0 aromatic carbocycles. The van der Waals surface area contributed by atoms with Crippen molar-refractivity contribution in [2.24, 2.45) is 5.92 Å². The van der Waals surface area contributed by atoms with Crippen molar-refractivity contribution in [2.75, 3.05) is 26.2 Å². The maximum absolute atomic E-state index is 12.9. The monoisotopic (exact) mass is 420 g/mol. The highest BCUT2D eigenvalue weighted by Crippen LogP contribution is 2.25. The van der Waals surface area contributed by atoms with Crippen molar-refractivity contribution in [2.45, 2.75) is 57.7 Å². The molecule has 1 aromatic rings. The van der Waals surface area contributed by atoms with E-state index < -0.39 is 0 Å². The Kier molecular flexibility index (Phi) is 8.16. The minimum Gasteiger partial charge on any atom is -0.341 e. The zero-order valence-electron chi connectivity index (χ0n) is 15.4. The smallest absolute Gasteiger partial charge is 0.225 e. The van der Waals surface area contributed by atoms with Crippen LogP contribution in [0.25, 0.3) is 0 Å². The largest absolute Gasteiger partial charge is 0.341 e. The summed E-state index contributed by atoms with van der Waals surface area (Å²) in [6, 6.07) is 1.19. The molecule has 26 heavy (non-hydrogen) atoms. The number of aromatic nitrogens is 1. The van der Waals surface area contributed by atoms with E-state index in [0.29, 0.717) is 18.0 Å². The standard InChI is InChI=1S/C18H28N4OS.2ClH/c1-13-19-17(12-24-13)10-21-7-4-14(5-8-21)18(23)22-9-6-15-2-3-16(11-22)20-15;;/h12,14-16,20H,2-11H2,1H3;2*1H. The highest BCUT2D eigenvalue weighted by atomic mass is 35.5. The molecular weight excluding hydrogens is 391 g/mol. The summed E-state index contributed by atoms with van der Waals surface area (Å²) in [5, 5.41) is 6.97. The van der Waals surface area contributed by atoms with Crippen LogP contribution in [-0.2, 0) is 11.3 Å². The minimum absolute atomic E-state index is 0. The van der Waals surface area contributed by atoms with E-state index in [9.17, 15) is 4.79 Å². The molecule has 0 spiro atoms. The molecule has 0 radical (unpaired) electrons. The molecule has 3 fully saturated rings. The average Bonchev–Trinajstić information content (AvgIpc) is 3.13. The van der Waals surface area contributed by atoms with Crippen molar-refractivity contribution >= 4 is 42.1 Å². The number of halogens is 2. The van der Waals surface area contributed by atoms with Crippen LogP contribution in [0.1, 0.15) is 42.8 Å². The fraction of sp³-hybridized carbons (Fsp3) is 0.778. The Morgan fingerprint density at radius 3 is 2.58 bits per heavy atom. The van der Waals surface area contributed by atoms with Gasteiger partial charge in [-0.05, 0) is 52.1 Å². The van der Waals surface area contributed by atoms with Crippen LogP contribution in [0.2, 0.25) is 0 Å². The van der Waals surface area contributed by atoms with E-state index in [-0.39, 0.29) is 30.7 Å². The summed E-state index contributed by atoms with van der Waals surface area (Å²) in [7, 11) is 0. The van der Waals surface area contributed by atoms with Gasteiger partial charge in [0.05, 0.1) is 10.7 Å². The normalized spacial score (nSPS) is 26.7. The molecule has 3 saturated heterocycles. The minimum atomic E-state index is 0. The lowest BCUT2D eigenvalue weighted by Gasteiger charge is -2.34. The molecule has 2 unspecified atom stereocenters. The van der Waals surface area contributed by atoms with Crippen LogP contribution in [0.3, 0.4) is 0 Å². The number of rotatable bonds is 3. The third kappa shape index (κ3) is 5.10. The topological polar surface area (TPSA) is 48.5 Å². The molecule has 8 heteroatoms. The summed E-state index contributed by atoms with van der Waals surface area (Å²) in [5.41, 5.74) is 1.18. The Bertz CT molecular complexity index is 592. The first kappa shape index (κ1) is 21.9. The van der Waals surface area contributed by atoms with Gasteiger partial charge in [-0.25, -0.2) is 4.98 Å². The second kappa shape index (κ2) is 9.69. The number of carbonyl (C=O) groups is 1. The molecule has 5 nitrogen and oxygen atoms in total. The van der Waals surface area contributed by atoms with Crippen molar-refractivity contribution in [3.05, 3.63) is 16.1 Å². The highest BCUT2D eigenvalue weighted by Gasteiger charge is 2.34. The number of thiazole rings is 1. The van der Waals surface area contributed by atoms with Gasteiger partial charge in [-0.2, -0.15) is 0 Å². The number of hydrogen-bond donors (Lipinski definition) is 1. The predicted molar refractivity (Wildman–Crippen MR) is 110 cm³/mol. The van der Waals surface area contributed by atoms with Gasteiger partial charge in [-0.15, -0.1) is 36.2 Å². The van der Waals surface area contributed by atoms with Crippen LogP contribution in [0.4, 0.5) is 0 Å². The molecule has 1 amide bonds. The zero-order valence-corrected chi connectivity index (χ0v) is 17.8. The molecule has 3 aliphatic rings. The van der Waals surface area contributed by atoms with Crippen LogP contribution >= 0.6 is 36.2 Å². The lowest BCUT2D eigenvalue weighted by Crippen LogP contribution is -2.45. The van der Waals surface area contributed by atoms with Gasteiger partial charge in [0.2, 0.25) is 5.91 Å². The lowest BCUT2D eigenvalue weighted by molar-refractivity contribution is -0.137. The molecule has 0 saturated carbocycles. The summed E-state index contributed by atoms with van der Waals surface area (Å²) in [5.74, 6) is 0.642. The Balaban J connectivity index is 0.00000121. The number of fused-ring (bicyclic) bond motifs is 2. The number of nitrogens with one attached hydrogen (secondary N) is 1. The van der Waals surface area contributed by atoms with Gasteiger partial charge in [-0.1, -0.05) is 0 Å². The fourth-order valence-electron chi connectivity index (χ4n) is 4.45. The number of likely N-dealkylation sites (tertiary alicyclic amines) is 2. The first-order chi connectivity index (χ1) is 11.7. The number of piperidine rings is 1. The maximum Gasteiger partial charge on any atom is 0.225 e. The summed E-state index contributed by atoms with van der Waals surface area (Å²) in [6.45, 7) is 6.90. The van der Waals surface area contributed by atoms with Crippen molar-refractivity contribution in [1.82, 2.24) is 20.1 Å². The molecular formula is C18H30Cl2N4OS. The summed E-state index contributed by atoms with van der Waals surface area (Å²) in [4.78, 5) is 22.1. The second-order valence-corrected chi connectivity index (χ2v) is 8.68. The fourth-order valence-corrected chi connectivity index (χ4v) is 5.05. The number of carbonyl (C=O) groups excluding carboxylic acids is 1. The molecule has 0 aliphatic carbocycles. The lowest BCUT2D eigenvalue weighted by atomic mass is 9.94. The van der Waals surface area contributed by atoms with Gasteiger partial charge in [0.1, 0.15) is 0 Å².